The number of aromatic nitrogens is 4. The van der Waals surface area contributed by atoms with Crippen LogP contribution in [0.5, 0.6) is 0 Å². The third-order valence-electron chi connectivity index (χ3n) is 2.00. The number of piperazine rings is 1. The van der Waals surface area contributed by atoms with E-state index in [0.29, 0.717) is 0 Å². The van der Waals surface area contributed by atoms with E-state index in [4.69, 9.17) is 0 Å². The van der Waals surface area contributed by atoms with Crippen molar-refractivity contribution in [3.05, 3.63) is 0 Å². The number of hydrogen-bond donors (Lipinski definition) is 1. The van der Waals surface area contributed by atoms with Crippen LogP contribution in [0.2, 0.25) is 0 Å². The summed E-state index contributed by atoms with van der Waals surface area (Å²) >= 11 is 0. The highest BCUT2D eigenvalue weighted by molar-refractivity contribution is 5.85. The van der Waals surface area contributed by atoms with Crippen LogP contribution in [0.15, 0.2) is 0 Å². The maximum Gasteiger partial charge on any atom is 0.245 e. The van der Waals surface area contributed by atoms with Crippen molar-refractivity contribution in [3.8, 4) is 0 Å². The number of hydrogen-bond acceptors (Lipinski definition) is 5. The Balaban J connectivity index is 0.000000845. The first-order valence-corrected chi connectivity index (χ1v) is 4.06. The van der Waals surface area contributed by atoms with Crippen LogP contribution in [0.3, 0.4) is 0 Å². The molecular formula is C6H14Cl2N6. The van der Waals surface area contributed by atoms with Gasteiger partial charge in [0.25, 0.3) is 0 Å². The van der Waals surface area contributed by atoms with Gasteiger partial charge in [-0.25, -0.2) is 4.68 Å². The van der Waals surface area contributed by atoms with Gasteiger partial charge in [0.15, 0.2) is 0 Å². The summed E-state index contributed by atoms with van der Waals surface area (Å²) in [5, 5.41) is 14.6. The van der Waals surface area contributed by atoms with Crippen LogP contribution in [0, 0.1) is 0 Å². The monoisotopic (exact) mass is 240 g/mol. The van der Waals surface area contributed by atoms with Gasteiger partial charge in [-0.1, -0.05) is 5.10 Å². The Hall–Kier alpha value is -0.590. The van der Waals surface area contributed by atoms with Crippen molar-refractivity contribution in [2.75, 3.05) is 31.1 Å². The Bertz CT molecular complexity index is 259. The zero-order valence-electron chi connectivity index (χ0n) is 7.88. The van der Waals surface area contributed by atoms with Crippen LogP contribution < -0.4 is 10.2 Å². The normalized spacial score (nSPS) is 15.6. The second-order valence-electron chi connectivity index (χ2n) is 2.84. The summed E-state index contributed by atoms with van der Waals surface area (Å²) in [5.74, 6) is 0.858. The molecule has 8 heteroatoms. The van der Waals surface area contributed by atoms with Gasteiger partial charge in [0.2, 0.25) is 5.95 Å². The minimum absolute atomic E-state index is 0. The summed E-state index contributed by atoms with van der Waals surface area (Å²) in [6, 6.07) is 0. The van der Waals surface area contributed by atoms with Gasteiger partial charge in [0.05, 0.1) is 0 Å². The zero-order chi connectivity index (χ0) is 8.39. The van der Waals surface area contributed by atoms with Gasteiger partial charge in [0.1, 0.15) is 0 Å². The van der Waals surface area contributed by atoms with E-state index in [1.165, 1.54) is 0 Å². The highest BCUT2D eigenvalue weighted by atomic mass is 35.5. The van der Waals surface area contributed by atoms with Crippen molar-refractivity contribution >= 4 is 30.8 Å². The van der Waals surface area contributed by atoms with Gasteiger partial charge < -0.3 is 10.2 Å². The van der Waals surface area contributed by atoms with Crippen molar-refractivity contribution in [3.63, 3.8) is 0 Å². The lowest BCUT2D eigenvalue weighted by molar-refractivity contribution is 0.568. The minimum Gasteiger partial charge on any atom is -0.337 e. The molecule has 14 heavy (non-hydrogen) atoms. The molecule has 2 rings (SSSR count). The van der Waals surface area contributed by atoms with E-state index in [-0.39, 0.29) is 24.8 Å². The van der Waals surface area contributed by atoms with Crippen LogP contribution in [-0.4, -0.2) is 46.4 Å². The lowest BCUT2D eigenvalue weighted by Gasteiger charge is -2.26. The van der Waals surface area contributed by atoms with E-state index >= 15 is 0 Å². The Morgan fingerprint density at radius 1 is 1.21 bits per heavy atom. The number of nitrogens with one attached hydrogen (secondary N) is 1. The fourth-order valence-electron chi connectivity index (χ4n) is 1.36. The number of halogens is 2. The second kappa shape index (κ2) is 6.00. The van der Waals surface area contributed by atoms with Crippen LogP contribution in [-0.2, 0) is 7.05 Å². The van der Waals surface area contributed by atoms with Gasteiger partial charge in [-0.3, -0.25) is 0 Å². The van der Waals surface area contributed by atoms with Crippen LogP contribution in [0.4, 0.5) is 5.95 Å². The molecule has 0 aliphatic carbocycles. The van der Waals surface area contributed by atoms with Gasteiger partial charge >= 0.3 is 0 Å². The van der Waals surface area contributed by atoms with E-state index in [1.54, 1.807) is 4.68 Å². The van der Waals surface area contributed by atoms with Crippen molar-refractivity contribution in [1.29, 1.82) is 0 Å². The molecule has 0 spiro atoms. The fourth-order valence-corrected chi connectivity index (χ4v) is 1.36. The molecule has 0 aromatic carbocycles. The lowest BCUT2D eigenvalue weighted by Crippen LogP contribution is -2.44. The van der Waals surface area contributed by atoms with Gasteiger partial charge in [-0.2, -0.15) is 0 Å². The maximum absolute atomic E-state index is 3.94. The van der Waals surface area contributed by atoms with E-state index in [0.717, 1.165) is 32.1 Å². The fraction of sp³-hybridized carbons (Fsp3) is 0.833. The molecule has 1 aliphatic heterocycles. The van der Waals surface area contributed by atoms with E-state index in [2.05, 4.69) is 25.7 Å². The molecule has 0 atom stereocenters. The number of anilines is 1. The maximum atomic E-state index is 3.94. The molecule has 2 heterocycles. The lowest BCUT2D eigenvalue weighted by atomic mass is 10.4. The molecule has 1 N–H and O–H groups in total. The SMILES string of the molecule is Cl.Cl.Cn1nnnc1N1CCNCC1. The standard InChI is InChI=1S/C6H12N6.2ClH/c1-11-6(8-9-10-11)12-4-2-7-3-5-12;;/h7H,2-5H2,1H3;2*1H. The Kier molecular flexibility index (Phi) is 5.75. The number of rotatable bonds is 1. The molecule has 1 fully saturated rings. The van der Waals surface area contributed by atoms with Crippen molar-refractivity contribution in [2.24, 2.45) is 7.05 Å². The summed E-state index contributed by atoms with van der Waals surface area (Å²) < 4.78 is 1.70. The predicted molar refractivity (Wildman–Crippen MR) is 58.4 cm³/mol. The smallest absolute Gasteiger partial charge is 0.245 e. The van der Waals surface area contributed by atoms with Crippen LogP contribution >= 0.6 is 24.8 Å². The Labute approximate surface area is 94.8 Å². The van der Waals surface area contributed by atoms with E-state index in [9.17, 15) is 0 Å². The van der Waals surface area contributed by atoms with Crippen LogP contribution in [0.25, 0.3) is 0 Å². The Morgan fingerprint density at radius 3 is 2.36 bits per heavy atom. The molecule has 6 nitrogen and oxygen atoms in total. The molecule has 0 saturated carbocycles. The topological polar surface area (TPSA) is 58.9 Å². The number of aryl methyl sites for hydroxylation is 1. The molecule has 1 aromatic heterocycles. The molecule has 1 saturated heterocycles. The minimum atomic E-state index is 0. The Morgan fingerprint density at radius 2 is 1.86 bits per heavy atom. The van der Waals surface area contributed by atoms with Crippen molar-refractivity contribution in [1.82, 2.24) is 25.5 Å². The van der Waals surface area contributed by atoms with Crippen LogP contribution in [0.1, 0.15) is 0 Å². The second-order valence-corrected chi connectivity index (χ2v) is 2.84. The summed E-state index contributed by atoms with van der Waals surface area (Å²) in [7, 11) is 1.86. The summed E-state index contributed by atoms with van der Waals surface area (Å²) in [6.45, 7) is 3.97. The molecular weight excluding hydrogens is 227 g/mol. The van der Waals surface area contributed by atoms with Gasteiger partial charge in [-0.15, -0.1) is 24.8 Å². The average Bonchev–Trinajstić information content (AvgIpc) is 2.53. The summed E-state index contributed by atoms with van der Waals surface area (Å²) in [4.78, 5) is 2.18. The first-order chi connectivity index (χ1) is 5.88. The summed E-state index contributed by atoms with van der Waals surface area (Å²) in [6.07, 6.45) is 0. The first-order valence-electron chi connectivity index (χ1n) is 4.06. The molecule has 82 valence electrons. The predicted octanol–water partition coefficient (Wildman–Crippen LogP) is -0.537. The average molecular weight is 241 g/mol. The molecule has 1 aliphatic rings. The molecule has 0 amide bonds. The van der Waals surface area contributed by atoms with E-state index < -0.39 is 0 Å². The molecule has 0 unspecified atom stereocenters. The zero-order valence-corrected chi connectivity index (χ0v) is 9.51. The third-order valence-corrected chi connectivity index (χ3v) is 2.00. The largest absolute Gasteiger partial charge is 0.337 e. The van der Waals surface area contributed by atoms with E-state index in [1.807, 2.05) is 7.05 Å². The molecule has 0 bridgehead atoms. The van der Waals surface area contributed by atoms with Crippen molar-refractivity contribution in [2.45, 2.75) is 0 Å². The third kappa shape index (κ3) is 2.70. The summed E-state index contributed by atoms with van der Waals surface area (Å²) in [5.41, 5.74) is 0. The molecule has 0 radical (unpaired) electrons. The highest BCUT2D eigenvalue weighted by Crippen LogP contribution is 2.06. The van der Waals surface area contributed by atoms with Gasteiger partial charge in [-0.05, 0) is 10.4 Å². The highest BCUT2D eigenvalue weighted by Gasteiger charge is 2.14. The van der Waals surface area contributed by atoms with Crippen molar-refractivity contribution < 1.29 is 0 Å². The van der Waals surface area contributed by atoms with Gasteiger partial charge in [0, 0.05) is 33.2 Å². The number of tetrazole rings is 1. The number of nitrogens with zero attached hydrogens (tertiary/aromatic N) is 5. The first kappa shape index (κ1) is 13.4. The quantitative estimate of drug-likeness (QED) is 0.715. The molecule has 1 aromatic rings.